The number of esters is 1. The van der Waals surface area contributed by atoms with Crippen LogP contribution in [-0.4, -0.2) is 24.4 Å². The van der Waals surface area contributed by atoms with E-state index < -0.39 is 11.9 Å². The van der Waals surface area contributed by atoms with Crippen molar-refractivity contribution < 1.29 is 19.1 Å². The number of carbonyl (C=O) groups excluding carboxylic acids is 2. The van der Waals surface area contributed by atoms with Gasteiger partial charge in [-0.3, -0.25) is 4.79 Å². The number of aliphatic imine (C=N–C) groups is 1. The molecule has 2 heterocycles. The number of hydrogen-bond donors (Lipinski definition) is 1. The summed E-state index contributed by atoms with van der Waals surface area (Å²) in [5, 5.41) is 1.89. The van der Waals surface area contributed by atoms with Crippen LogP contribution in [0.3, 0.4) is 0 Å². The number of hydrogen-bond acceptors (Lipinski definition) is 6. The lowest BCUT2D eigenvalue weighted by atomic mass is 10.2. The standard InChI is InChI=1S/C16H12N2O4S/c17-14(19)9-21-11-5-3-10(4-6-11)8-12-16(20)22-15(18-12)13-2-1-7-23-13/h1-8H,9H2,(H2,17,19). The molecule has 3 rings (SSSR count). The monoisotopic (exact) mass is 328 g/mol. The Hall–Kier alpha value is -2.93. The van der Waals surface area contributed by atoms with Crippen molar-refractivity contribution in [3.05, 3.63) is 57.9 Å². The summed E-state index contributed by atoms with van der Waals surface area (Å²) in [4.78, 5) is 27.5. The minimum Gasteiger partial charge on any atom is -0.484 e. The molecule has 0 fully saturated rings. The first-order valence-electron chi connectivity index (χ1n) is 6.69. The Bertz CT molecular complexity index is 792. The van der Waals surface area contributed by atoms with Crippen LogP contribution in [0.25, 0.3) is 6.08 Å². The second-order valence-corrected chi connectivity index (χ2v) is 5.59. The zero-order valence-electron chi connectivity index (χ0n) is 11.9. The highest BCUT2D eigenvalue weighted by molar-refractivity contribution is 7.12. The highest BCUT2D eigenvalue weighted by Gasteiger charge is 2.24. The number of benzene rings is 1. The summed E-state index contributed by atoms with van der Waals surface area (Å²) in [6.07, 6.45) is 1.63. The van der Waals surface area contributed by atoms with Crippen molar-refractivity contribution in [1.82, 2.24) is 0 Å². The summed E-state index contributed by atoms with van der Waals surface area (Å²) in [7, 11) is 0. The maximum atomic E-state index is 11.9. The molecule has 0 saturated carbocycles. The van der Waals surface area contributed by atoms with Gasteiger partial charge in [-0.1, -0.05) is 18.2 Å². The molecule has 0 aliphatic carbocycles. The third kappa shape index (κ3) is 3.64. The molecule has 0 saturated heterocycles. The summed E-state index contributed by atoms with van der Waals surface area (Å²) in [5.74, 6) is -0.191. The van der Waals surface area contributed by atoms with Gasteiger partial charge in [0.2, 0.25) is 5.90 Å². The fourth-order valence-corrected chi connectivity index (χ4v) is 2.54. The Kier molecular flexibility index (Phi) is 4.20. The van der Waals surface area contributed by atoms with Gasteiger partial charge in [0, 0.05) is 0 Å². The topological polar surface area (TPSA) is 91.0 Å². The minimum atomic E-state index is -0.541. The van der Waals surface area contributed by atoms with Crippen LogP contribution >= 0.6 is 11.3 Å². The second kappa shape index (κ2) is 6.45. The van der Waals surface area contributed by atoms with E-state index >= 15 is 0 Å². The quantitative estimate of drug-likeness (QED) is 0.671. The van der Waals surface area contributed by atoms with Crippen LogP contribution in [0.1, 0.15) is 10.4 Å². The lowest BCUT2D eigenvalue weighted by Crippen LogP contribution is -2.19. The summed E-state index contributed by atoms with van der Waals surface area (Å²) >= 11 is 1.45. The van der Waals surface area contributed by atoms with Gasteiger partial charge in [-0.2, -0.15) is 0 Å². The molecule has 1 aromatic carbocycles. The molecule has 2 aromatic rings. The Morgan fingerprint density at radius 3 is 2.74 bits per heavy atom. The van der Waals surface area contributed by atoms with E-state index in [1.165, 1.54) is 11.3 Å². The van der Waals surface area contributed by atoms with Crippen molar-refractivity contribution in [1.29, 1.82) is 0 Å². The summed E-state index contributed by atoms with van der Waals surface area (Å²) in [6, 6.07) is 10.6. The lowest BCUT2D eigenvalue weighted by molar-refractivity contribution is -0.130. The van der Waals surface area contributed by atoms with Crippen LogP contribution in [0.2, 0.25) is 0 Å². The molecule has 2 N–H and O–H groups in total. The molecule has 0 spiro atoms. The molecular formula is C16H12N2O4S. The Morgan fingerprint density at radius 2 is 2.09 bits per heavy atom. The molecule has 0 unspecified atom stereocenters. The van der Waals surface area contributed by atoms with Crippen molar-refractivity contribution in [3.8, 4) is 5.75 Å². The number of nitrogens with zero attached hydrogens (tertiary/aromatic N) is 1. The number of primary amides is 1. The van der Waals surface area contributed by atoms with Crippen molar-refractivity contribution >= 4 is 35.2 Å². The van der Waals surface area contributed by atoms with E-state index in [1.54, 1.807) is 30.3 Å². The van der Waals surface area contributed by atoms with E-state index in [0.29, 0.717) is 11.6 Å². The summed E-state index contributed by atoms with van der Waals surface area (Å²) in [5.41, 5.74) is 6.01. The normalized spacial score (nSPS) is 15.4. The Balaban J connectivity index is 1.76. The van der Waals surface area contributed by atoms with Crippen molar-refractivity contribution in [3.63, 3.8) is 0 Å². The lowest BCUT2D eigenvalue weighted by Gasteiger charge is -2.03. The van der Waals surface area contributed by atoms with Gasteiger partial charge in [0.1, 0.15) is 5.75 Å². The first kappa shape index (κ1) is 15.0. The molecule has 1 aliphatic rings. The van der Waals surface area contributed by atoms with Gasteiger partial charge in [-0.05, 0) is 35.2 Å². The van der Waals surface area contributed by atoms with Gasteiger partial charge in [-0.15, -0.1) is 11.3 Å². The Labute approximate surface area is 135 Å². The number of amides is 1. The summed E-state index contributed by atoms with van der Waals surface area (Å²) in [6.45, 7) is -0.179. The van der Waals surface area contributed by atoms with Gasteiger partial charge in [0.25, 0.3) is 5.91 Å². The van der Waals surface area contributed by atoms with Crippen LogP contribution in [0.5, 0.6) is 5.75 Å². The molecule has 116 valence electrons. The molecule has 1 aliphatic heterocycles. The fraction of sp³-hybridized carbons (Fsp3) is 0.0625. The number of carbonyl (C=O) groups is 2. The van der Waals surface area contributed by atoms with E-state index in [1.807, 2.05) is 17.5 Å². The average molecular weight is 328 g/mol. The van der Waals surface area contributed by atoms with Crippen LogP contribution in [0.15, 0.2) is 52.5 Å². The number of thiophene rings is 1. The van der Waals surface area contributed by atoms with E-state index in [9.17, 15) is 9.59 Å². The number of cyclic esters (lactones) is 1. The molecule has 0 atom stereocenters. The zero-order chi connectivity index (χ0) is 16.2. The largest absolute Gasteiger partial charge is 0.484 e. The Morgan fingerprint density at radius 1 is 1.30 bits per heavy atom. The predicted octanol–water partition coefficient (Wildman–Crippen LogP) is 1.96. The third-order valence-electron chi connectivity index (χ3n) is 2.92. The van der Waals surface area contributed by atoms with Gasteiger partial charge < -0.3 is 15.2 Å². The van der Waals surface area contributed by atoms with Crippen LogP contribution in [0.4, 0.5) is 0 Å². The van der Waals surface area contributed by atoms with Crippen LogP contribution in [0, 0.1) is 0 Å². The third-order valence-corrected chi connectivity index (χ3v) is 3.77. The molecular weight excluding hydrogens is 316 g/mol. The van der Waals surface area contributed by atoms with Gasteiger partial charge in [0.05, 0.1) is 4.88 Å². The maximum absolute atomic E-state index is 11.9. The number of nitrogens with two attached hydrogens (primary N) is 1. The average Bonchev–Trinajstić information content (AvgIpc) is 3.17. The molecule has 23 heavy (non-hydrogen) atoms. The molecule has 6 nitrogen and oxygen atoms in total. The molecule has 1 aromatic heterocycles. The van der Waals surface area contributed by atoms with E-state index in [4.69, 9.17) is 15.2 Å². The highest BCUT2D eigenvalue weighted by atomic mass is 32.1. The second-order valence-electron chi connectivity index (χ2n) is 4.64. The predicted molar refractivity (Wildman–Crippen MR) is 86.1 cm³/mol. The van der Waals surface area contributed by atoms with Crippen molar-refractivity contribution in [2.75, 3.05) is 6.61 Å². The first-order valence-corrected chi connectivity index (χ1v) is 7.57. The van der Waals surface area contributed by atoms with Crippen LogP contribution in [-0.2, 0) is 14.3 Å². The smallest absolute Gasteiger partial charge is 0.363 e. The van der Waals surface area contributed by atoms with Crippen molar-refractivity contribution in [2.24, 2.45) is 10.7 Å². The fourth-order valence-electron chi connectivity index (χ4n) is 1.89. The SMILES string of the molecule is NC(=O)COc1ccc(C=C2N=C(c3cccs3)OC2=O)cc1. The van der Waals surface area contributed by atoms with Gasteiger partial charge in [-0.25, -0.2) is 9.79 Å². The number of rotatable bonds is 5. The molecule has 1 amide bonds. The van der Waals surface area contributed by atoms with Gasteiger partial charge in [0.15, 0.2) is 12.3 Å². The van der Waals surface area contributed by atoms with Gasteiger partial charge >= 0.3 is 5.97 Å². The molecule has 0 bridgehead atoms. The van der Waals surface area contributed by atoms with Crippen LogP contribution < -0.4 is 10.5 Å². The molecule has 7 heteroatoms. The minimum absolute atomic E-state index is 0.179. The van der Waals surface area contributed by atoms with E-state index in [-0.39, 0.29) is 12.3 Å². The highest BCUT2D eigenvalue weighted by Crippen LogP contribution is 2.22. The summed E-state index contributed by atoms with van der Waals surface area (Å²) < 4.78 is 10.3. The zero-order valence-corrected chi connectivity index (χ0v) is 12.7. The van der Waals surface area contributed by atoms with E-state index in [2.05, 4.69) is 4.99 Å². The van der Waals surface area contributed by atoms with E-state index in [0.717, 1.165) is 10.4 Å². The number of ether oxygens (including phenoxy) is 2. The first-order chi connectivity index (χ1) is 11.1. The maximum Gasteiger partial charge on any atom is 0.363 e. The molecule has 0 radical (unpaired) electrons. The van der Waals surface area contributed by atoms with Crippen molar-refractivity contribution in [2.45, 2.75) is 0 Å².